The third-order valence-corrected chi connectivity index (χ3v) is 4.29. The van der Waals surface area contributed by atoms with Crippen molar-refractivity contribution in [3.05, 3.63) is 64.3 Å². The summed E-state index contributed by atoms with van der Waals surface area (Å²) >= 11 is 5.76. The highest BCUT2D eigenvalue weighted by Crippen LogP contribution is 2.35. The van der Waals surface area contributed by atoms with E-state index in [1.807, 2.05) is 0 Å². The fraction of sp³-hybridized carbons (Fsp3) is 0.381. The van der Waals surface area contributed by atoms with Crippen LogP contribution < -0.4 is 4.74 Å². The van der Waals surface area contributed by atoms with E-state index in [4.69, 9.17) is 27.3 Å². The minimum atomic E-state index is -2.89. The lowest BCUT2D eigenvalue weighted by atomic mass is 10.0. The molecule has 26 heavy (non-hydrogen) atoms. The summed E-state index contributed by atoms with van der Waals surface area (Å²) in [6.07, 6.45) is 0.315. The summed E-state index contributed by atoms with van der Waals surface area (Å²) in [5, 5.41) is 0.141. The summed E-state index contributed by atoms with van der Waals surface area (Å²) in [5.41, 5.74) is -2.80. The Kier molecular flexibility index (Phi) is 3.06. The van der Waals surface area contributed by atoms with Crippen LogP contribution in [0.5, 0.6) is 5.75 Å². The van der Waals surface area contributed by atoms with Crippen molar-refractivity contribution in [1.29, 1.82) is 0 Å². The number of carbonyl (C=O) groups excluding carboxylic acids is 1. The third-order valence-electron chi connectivity index (χ3n) is 4.05. The van der Waals surface area contributed by atoms with Crippen molar-refractivity contribution in [3.8, 4) is 5.75 Å². The van der Waals surface area contributed by atoms with Crippen molar-refractivity contribution in [1.82, 2.24) is 4.90 Å². The van der Waals surface area contributed by atoms with E-state index in [0.29, 0.717) is 6.42 Å². The summed E-state index contributed by atoms with van der Waals surface area (Å²) in [6.45, 7) is -0.0697. The maximum Gasteiger partial charge on any atom is 0.266 e. The number of rotatable bonds is 4. The van der Waals surface area contributed by atoms with Crippen LogP contribution in [0.15, 0.2) is 42.4 Å². The van der Waals surface area contributed by atoms with Gasteiger partial charge in [-0.1, -0.05) is 41.3 Å². The van der Waals surface area contributed by atoms with Gasteiger partial charge in [-0.25, -0.2) is 4.39 Å². The van der Waals surface area contributed by atoms with Gasteiger partial charge in [0, 0.05) is 15.7 Å². The van der Waals surface area contributed by atoms with Crippen molar-refractivity contribution >= 4 is 17.5 Å². The smallest absolute Gasteiger partial charge is 0.266 e. The van der Waals surface area contributed by atoms with Gasteiger partial charge in [0.15, 0.2) is 17.2 Å². The number of halogens is 2. The van der Waals surface area contributed by atoms with Gasteiger partial charge < -0.3 is 9.64 Å². The highest BCUT2D eigenvalue weighted by atomic mass is 35.5. The average Bonchev–Trinajstić information content (AvgIpc) is 3.09. The first-order valence-corrected chi connectivity index (χ1v) is 8.47. The SMILES string of the molecule is [2H]c1c([2H])c([C@]2([2H])CCCN2C(=O)C(C)(C)Oc2ccc(Cl)cc2F)c([2H])c([2H])c1C([2H])([2H])[2H]. The molecule has 0 N–H and O–H groups in total. The Morgan fingerprint density at radius 3 is 2.81 bits per heavy atom. The minimum Gasteiger partial charge on any atom is -0.475 e. The van der Waals surface area contributed by atoms with Crippen molar-refractivity contribution in [3.63, 3.8) is 0 Å². The third kappa shape index (κ3) is 3.85. The molecule has 1 amide bonds. The van der Waals surface area contributed by atoms with Crippen LogP contribution in [0, 0.1) is 12.7 Å². The highest BCUT2D eigenvalue weighted by molar-refractivity contribution is 6.30. The standard InChI is InChI=1S/C21H23ClFNO2/c1-14-6-8-15(9-7-14)18-5-4-12-24(18)20(25)21(2,3)26-19-11-10-16(22)13-17(19)23/h6-11,13,18H,4-5,12H2,1-3H3/t18-/m0/s1/i1D3,6D,7D,8D,9D,18D. The quantitative estimate of drug-likeness (QED) is 0.716. The van der Waals surface area contributed by atoms with E-state index >= 15 is 0 Å². The Labute approximate surface area is 170 Å². The van der Waals surface area contributed by atoms with Gasteiger partial charge >= 0.3 is 0 Å². The monoisotopic (exact) mass is 383 g/mol. The van der Waals surface area contributed by atoms with Crippen LogP contribution in [0.2, 0.25) is 5.02 Å². The molecule has 1 atom stereocenters. The number of hydrogen-bond donors (Lipinski definition) is 0. The van der Waals surface area contributed by atoms with E-state index in [1.165, 1.54) is 26.0 Å². The van der Waals surface area contributed by atoms with Gasteiger partial charge in [0.1, 0.15) is 0 Å². The fourth-order valence-corrected chi connectivity index (χ4v) is 2.98. The number of hydrogen-bond acceptors (Lipinski definition) is 2. The molecule has 1 aliphatic heterocycles. The Morgan fingerprint density at radius 2 is 2.15 bits per heavy atom. The molecule has 1 heterocycles. The van der Waals surface area contributed by atoms with Crippen molar-refractivity contribution < 1.29 is 24.9 Å². The lowest BCUT2D eigenvalue weighted by molar-refractivity contribution is -0.146. The van der Waals surface area contributed by atoms with Crippen LogP contribution in [0.4, 0.5) is 4.39 Å². The van der Waals surface area contributed by atoms with E-state index in [-0.39, 0.29) is 23.7 Å². The highest BCUT2D eigenvalue weighted by Gasteiger charge is 2.40. The molecule has 2 aromatic rings. The Morgan fingerprint density at radius 1 is 1.42 bits per heavy atom. The Hall–Kier alpha value is -2.07. The average molecular weight is 384 g/mol. The molecule has 3 nitrogen and oxygen atoms in total. The van der Waals surface area contributed by atoms with E-state index < -0.39 is 65.5 Å². The van der Waals surface area contributed by atoms with Gasteiger partial charge in [0.05, 0.1) is 12.9 Å². The second-order valence-corrected chi connectivity index (χ2v) is 6.88. The molecule has 0 aromatic heterocycles. The molecule has 1 aliphatic rings. The van der Waals surface area contributed by atoms with Crippen molar-refractivity contribution in [2.75, 3.05) is 6.54 Å². The van der Waals surface area contributed by atoms with Crippen LogP contribution in [-0.4, -0.2) is 23.0 Å². The Balaban J connectivity index is 2.06. The Bertz CT molecular complexity index is 1130. The van der Waals surface area contributed by atoms with E-state index in [0.717, 1.165) is 11.0 Å². The van der Waals surface area contributed by atoms with E-state index in [2.05, 4.69) is 0 Å². The van der Waals surface area contributed by atoms with Crippen LogP contribution in [-0.2, 0) is 4.79 Å². The number of benzene rings is 2. The maximum absolute atomic E-state index is 14.3. The van der Waals surface area contributed by atoms with Gasteiger partial charge in [-0.2, -0.15) is 0 Å². The first kappa shape index (κ1) is 10.9. The van der Waals surface area contributed by atoms with Crippen molar-refractivity contribution in [2.45, 2.75) is 45.2 Å². The topological polar surface area (TPSA) is 29.5 Å². The normalized spacial score (nSPS) is 25.2. The zero-order valence-corrected chi connectivity index (χ0v) is 15.1. The number of likely N-dealkylation sites (tertiary alicyclic amines) is 1. The molecule has 2 aromatic carbocycles. The second-order valence-electron chi connectivity index (χ2n) is 6.44. The number of amides is 1. The molecule has 138 valence electrons. The zero-order chi connectivity index (χ0) is 25.8. The lowest BCUT2D eigenvalue weighted by Crippen LogP contribution is -2.48. The number of carbonyl (C=O) groups is 1. The van der Waals surface area contributed by atoms with E-state index in [9.17, 15) is 9.18 Å². The first-order chi connectivity index (χ1) is 15.5. The van der Waals surface area contributed by atoms with Gasteiger partial charge in [-0.05, 0) is 57.3 Å². The van der Waals surface area contributed by atoms with Crippen LogP contribution in [0.3, 0.4) is 0 Å². The molecular weight excluding hydrogens is 353 g/mol. The summed E-state index contributed by atoms with van der Waals surface area (Å²) < 4.78 is 84.6. The van der Waals surface area contributed by atoms with Crippen molar-refractivity contribution in [2.24, 2.45) is 0 Å². The van der Waals surface area contributed by atoms with Crippen LogP contribution >= 0.6 is 11.6 Å². The van der Waals surface area contributed by atoms with Crippen LogP contribution in [0.1, 0.15) is 54.8 Å². The summed E-state index contributed by atoms with van der Waals surface area (Å²) in [6, 6.07) is -1.26. The minimum absolute atomic E-state index is 0.00607. The predicted molar refractivity (Wildman–Crippen MR) is 101 cm³/mol. The first-order valence-electron chi connectivity index (χ1n) is 12.1. The molecule has 0 spiro atoms. The van der Waals surface area contributed by atoms with Crippen LogP contribution in [0.25, 0.3) is 0 Å². The predicted octanol–water partition coefficient (Wildman–Crippen LogP) is 5.31. The molecular formula is C21H23ClFNO2. The maximum atomic E-state index is 14.3. The van der Waals surface area contributed by atoms with Gasteiger partial charge in [0.2, 0.25) is 0 Å². The number of ether oxygens (including phenoxy) is 1. The zero-order valence-electron chi connectivity index (χ0n) is 22.4. The summed E-state index contributed by atoms with van der Waals surface area (Å²) in [7, 11) is 0. The molecule has 0 unspecified atom stereocenters. The molecule has 3 rings (SSSR count). The summed E-state index contributed by atoms with van der Waals surface area (Å²) in [5.74, 6) is -1.75. The van der Waals surface area contributed by atoms with E-state index in [1.54, 1.807) is 0 Å². The molecule has 1 saturated heterocycles. The molecule has 0 radical (unpaired) electrons. The van der Waals surface area contributed by atoms with Gasteiger partial charge in [0.25, 0.3) is 5.91 Å². The molecule has 0 bridgehead atoms. The van der Waals surface area contributed by atoms with Gasteiger partial charge in [-0.3, -0.25) is 4.79 Å². The fourth-order valence-electron chi connectivity index (χ4n) is 2.82. The molecule has 0 aliphatic carbocycles. The second kappa shape index (κ2) is 7.28. The largest absolute Gasteiger partial charge is 0.475 e. The lowest BCUT2D eigenvalue weighted by Gasteiger charge is -2.33. The molecule has 0 saturated carbocycles. The van der Waals surface area contributed by atoms with Gasteiger partial charge in [-0.15, -0.1) is 0 Å². The number of nitrogens with zero attached hydrogens (tertiary/aromatic N) is 1. The molecule has 1 fully saturated rings. The summed E-state index contributed by atoms with van der Waals surface area (Å²) in [4.78, 5) is 14.6. The molecule has 5 heteroatoms.